The molecule has 0 spiro atoms. The number of carbonyl (C=O) groups is 1. The Morgan fingerprint density at radius 3 is 2.90 bits per heavy atom. The number of aryl methyl sites for hydroxylation is 1. The number of anilines is 1. The van der Waals surface area contributed by atoms with Crippen LogP contribution in [0.1, 0.15) is 36.7 Å². The van der Waals surface area contributed by atoms with Crippen molar-refractivity contribution in [1.29, 1.82) is 0 Å². The van der Waals surface area contributed by atoms with E-state index in [0.29, 0.717) is 27.9 Å². The van der Waals surface area contributed by atoms with Crippen LogP contribution in [0.25, 0.3) is 5.65 Å². The zero-order valence-electron chi connectivity index (χ0n) is 16.2. The molecule has 1 N–H and O–H groups in total. The summed E-state index contributed by atoms with van der Waals surface area (Å²) in [6, 6.07) is 11.1. The van der Waals surface area contributed by atoms with E-state index in [1.165, 1.54) is 5.57 Å². The summed E-state index contributed by atoms with van der Waals surface area (Å²) in [6.45, 7) is 4.07. The van der Waals surface area contributed by atoms with Gasteiger partial charge in [-0.3, -0.25) is 9.20 Å². The zero-order chi connectivity index (χ0) is 20.4. The third-order valence-electron chi connectivity index (χ3n) is 4.85. The van der Waals surface area contributed by atoms with E-state index in [9.17, 15) is 4.79 Å². The number of pyridine rings is 1. The van der Waals surface area contributed by atoms with Crippen LogP contribution in [0, 0.1) is 18.8 Å². The summed E-state index contributed by atoms with van der Waals surface area (Å²) in [4.78, 5) is 12.5. The Labute approximate surface area is 174 Å². The SMILES string of the molecule is CCC1=CC(C(=O)Nc2ccc(C)c(C#Cc3nnc4cccc(Cl)n34)c2)=CC1. The van der Waals surface area contributed by atoms with Crippen molar-refractivity contribution >= 4 is 28.8 Å². The van der Waals surface area contributed by atoms with Crippen LogP contribution in [0.2, 0.25) is 5.15 Å². The van der Waals surface area contributed by atoms with E-state index in [1.54, 1.807) is 10.5 Å². The van der Waals surface area contributed by atoms with Crippen LogP contribution in [-0.4, -0.2) is 20.5 Å². The molecule has 5 nitrogen and oxygen atoms in total. The predicted octanol–water partition coefficient (Wildman–Crippen LogP) is 4.70. The molecule has 4 rings (SSSR count). The average molecular weight is 403 g/mol. The average Bonchev–Trinajstić information content (AvgIpc) is 3.36. The third-order valence-corrected chi connectivity index (χ3v) is 5.14. The molecule has 1 aliphatic rings. The van der Waals surface area contributed by atoms with Gasteiger partial charge >= 0.3 is 0 Å². The van der Waals surface area contributed by atoms with Crippen molar-refractivity contribution < 1.29 is 4.79 Å². The van der Waals surface area contributed by atoms with Crippen LogP contribution in [0.5, 0.6) is 0 Å². The highest BCUT2D eigenvalue weighted by molar-refractivity contribution is 6.29. The molecule has 3 aromatic rings. The maximum Gasteiger partial charge on any atom is 0.255 e. The molecule has 0 unspecified atom stereocenters. The first kappa shape index (κ1) is 19.0. The molecule has 0 saturated heterocycles. The molecule has 0 radical (unpaired) electrons. The van der Waals surface area contributed by atoms with E-state index in [1.807, 2.05) is 49.4 Å². The first-order valence-corrected chi connectivity index (χ1v) is 9.76. The van der Waals surface area contributed by atoms with E-state index in [2.05, 4.69) is 34.3 Å². The van der Waals surface area contributed by atoms with Crippen molar-refractivity contribution in [3.8, 4) is 11.8 Å². The maximum atomic E-state index is 12.5. The highest BCUT2D eigenvalue weighted by Crippen LogP contribution is 2.22. The van der Waals surface area contributed by atoms with Crippen LogP contribution >= 0.6 is 11.6 Å². The number of halogens is 1. The Balaban J connectivity index is 1.59. The molecule has 0 bridgehead atoms. The quantitative estimate of drug-likeness (QED) is 0.510. The number of amides is 1. The lowest BCUT2D eigenvalue weighted by Crippen LogP contribution is -2.12. The molecule has 6 heteroatoms. The fourth-order valence-corrected chi connectivity index (χ4v) is 3.37. The highest BCUT2D eigenvalue weighted by atomic mass is 35.5. The Bertz CT molecular complexity index is 1240. The Morgan fingerprint density at radius 2 is 2.10 bits per heavy atom. The van der Waals surface area contributed by atoms with Crippen LogP contribution < -0.4 is 5.32 Å². The van der Waals surface area contributed by atoms with Crippen molar-refractivity contribution in [2.45, 2.75) is 26.7 Å². The predicted molar refractivity (Wildman–Crippen MR) is 115 cm³/mol. The lowest BCUT2D eigenvalue weighted by atomic mass is 10.1. The van der Waals surface area contributed by atoms with Gasteiger partial charge in [0.15, 0.2) is 5.65 Å². The topological polar surface area (TPSA) is 59.3 Å². The molecule has 0 aliphatic heterocycles. The number of aromatic nitrogens is 3. The molecule has 0 atom stereocenters. The minimum Gasteiger partial charge on any atom is -0.322 e. The van der Waals surface area contributed by atoms with Crippen LogP contribution in [-0.2, 0) is 4.79 Å². The van der Waals surface area contributed by atoms with E-state index in [0.717, 1.165) is 24.0 Å². The summed E-state index contributed by atoms with van der Waals surface area (Å²) in [5, 5.41) is 11.6. The standard InChI is InChI=1S/C23H19ClN4O/c1-3-16-8-9-18(13-16)23(29)25-19-11-7-15(2)17(14-19)10-12-22-27-26-21-6-4-5-20(24)28(21)22/h4-7,9,11,13-14H,3,8H2,1-2H3,(H,25,29). The second-order valence-electron chi connectivity index (χ2n) is 6.82. The van der Waals surface area contributed by atoms with Gasteiger partial charge in [-0.1, -0.05) is 54.3 Å². The molecule has 1 aliphatic carbocycles. The number of nitrogens with zero attached hydrogens (tertiary/aromatic N) is 3. The number of fused-ring (bicyclic) bond motifs is 1. The highest BCUT2D eigenvalue weighted by Gasteiger charge is 2.13. The van der Waals surface area contributed by atoms with E-state index in [-0.39, 0.29) is 5.91 Å². The first-order valence-electron chi connectivity index (χ1n) is 9.38. The molecular weight excluding hydrogens is 384 g/mol. The van der Waals surface area contributed by atoms with Gasteiger partial charge in [0, 0.05) is 16.8 Å². The summed E-state index contributed by atoms with van der Waals surface area (Å²) in [5.41, 5.74) is 5.13. The van der Waals surface area contributed by atoms with Crippen molar-refractivity contribution in [3.63, 3.8) is 0 Å². The van der Waals surface area contributed by atoms with Crippen molar-refractivity contribution in [2.24, 2.45) is 0 Å². The van der Waals surface area contributed by atoms with Gasteiger partial charge in [-0.05, 0) is 55.5 Å². The maximum absolute atomic E-state index is 12.5. The number of nitrogens with one attached hydrogen (secondary N) is 1. The number of hydrogen-bond donors (Lipinski definition) is 1. The molecule has 0 fully saturated rings. The summed E-state index contributed by atoms with van der Waals surface area (Å²) >= 11 is 6.24. The molecule has 1 aromatic carbocycles. The van der Waals surface area contributed by atoms with Gasteiger partial charge in [-0.15, -0.1) is 10.2 Å². The fraction of sp³-hybridized carbons (Fsp3) is 0.174. The third kappa shape index (κ3) is 3.94. The first-order chi connectivity index (χ1) is 14.0. The number of benzene rings is 1. The summed E-state index contributed by atoms with van der Waals surface area (Å²) in [5.74, 6) is 6.52. The number of hydrogen-bond acceptors (Lipinski definition) is 3. The summed E-state index contributed by atoms with van der Waals surface area (Å²) in [6.07, 6.45) is 5.73. The zero-order valence-corrected chi connectivity index (χ0v) is 16.9. The molecule has 0 saturated carbocycles. The van der Waals surface area contributed by atoms with Crippen molar-refractivity contribution in [3.05, 3.63) is 81.8 Å². The molecule has 29 heavy (non-hydrogen) atoms. The Hall–Kier alpha value is -3.36. The second-order valence-corrected chi connectivity index (χ2v) is 7.21. The van der Waals surface area contributed by atoms with Gasteiger partial charge in [-0.2, -0.15) is 0 Å². The minimum absolute atomic E-state index is 0.105. The summed E-state index contributed by atoms with van der Waals surface area (Å²) < 4.78 is 1.69. The molecular formula is C23H19ClN4O. The Kier molecular flexibility index (Phi) is 5.20. The Morgan fingerprint density at radius 1 is 1.24 bits per heavy atom. The molecule has 1 amide bonds. The molecule has 2 aromatic heterocycles. The summed E-state index contributed by atoms with van der Waals surface area (Å²) in [7, 11) is 0. The van der Waals surface area contributed by atoms with Crippen LogP contribution in [0.15, 0.2) is 59.7 Å². The number of rotatable bonds is 3. The van der Waals surface area contributed by atoms with E-state index >= 15 is 0 Å². The lowest BCUT2D eigenvalue weighted by molar-refractivity contribution is -0.112. The van der Waals surface area contributed by atoms with Gasteiger partial charge in [0.1, 0.15) is 5.15 Å². The van der Waals surface area contributed by atoms with Gasteiger partial charge in [0.2, 0.25) is 5.82 Å². The van der Waals surface area contributed by atoms with Gasteiger partial charge in [0.05, 0.1) is 0 Å². The van der Waals surface area contributed by atoms with Gasteiger partial charge < -0.3 is 5.32 Å². The number of carbonyl (C=O) groups excluding carboxylic acids is 1. The van der Waals surface area contributed by atoms with Crippen molar-refractivity contribution in [1.82, 2.24) is 14.6 Å². The lowest BCUT2D eigenvalue weighted by Gasteiger charge is -2.07. The smallest absolute Gasteiger partial charge is 0.255 e. The van der Waals surface area contributed by atoms with Crippen LogP contribution in [0.4, 0.5) is 5.69 Å². The molecule has 144 valence electrons. The number of allylic oxidation sites excluding steroid dienone is 2. The van der Waals surface area contributed by atoms with Crippen molar-refractivity contribution in [2.75, 3.05) is 5.32 Å². The van der Waals surface area contributed by atoms with Gasteiger partial charge in [-0.25, -0.2) is 0 Å². The van der Waals surface area contributed by atoms with E-state index < -0.39 is 0 Å². The second kappa shape index (κ2) is 7.94. The largest absolute Gasteiger partial charge is 0.322 e. The minimum atomic E-state index is -0.105. The molecule has 2 heterocycles. The van der Waals surface area contributed by atoms with Crippen LogP contribution in [0.3, 0.4) is 0 Å². The fourth-order valence-electron chi connectivity index (χ4n) is 3.13. The van der Waals surface area contributed by atoms with Gasteiger partial charge in [0.25, 0.3) is 5.91 Å². The normalized spacial score (nSPS) is 12.9. The van der Waals surface area contributed by atoms with E-state index in [4.69, 9.17) is 11.6 Å². The monoisotopic (exact) mass is 402 g/mol.